The van der Waals surface area contributed by atoms with Gasteiger partial charge < -0.3 is 9.64 Å². The number of carbonyl (C=O) groups is 1. The standard InChI is InChI=1S/C18H25BrN2O2/c1-13-10-20(11-14(2)23-13)12-17-4-3-9-21(17)18(22)15-5-7-16(19)8-6-15/h5-8,13-14,17H,3-4,9-12H2,1-2H3/t13-,14-,17-/m1/s1. The van der Waals surface area contributed by atoms with Gasteiger partial charge in [0, 0.05) is 42.3 Å². The monoisotopic (exact) mass is 380 g/mol. The fraction of sp³-hybridized carbons (Fsp3) is 0.611. The van der Waals surface area contributed by atoms with Crippen LogP contribution < -0.4 is 0 Å². The number of nitrogens with zero attached hydrogens (tertiary/aromatic N) is 2. The van der Waals surface area contributed by atoms with E-state index in [0.29, 0.717) is 6.04 Å². The third-order valence-corrected chi connectivity index (χ3v) is 5.22. The molecule has 1 aromatic carbocycles. The second kappa shape index (κ2) is 7.32. The number of carbonyl (C=O) groups excluding carboxylic acids is 1. The summed E-state index contributed by atoms with van der Waals surface area (Å²) in [5.41, 5.74) is 0.781. The minimum atomic E-state index is 0.161. The number of rotatable bonds is 3. The normalized spacial score (nSPS) is 29.0. The molecule has 2 heterocycles. The lowest BCUT2D eigenvalue weighted by molar-refractivity contribution is -0.0715. The molecule has 0 bridgehead atoms. The Hall–Kier alpha value is -0.910. The molecule has 0 N–H and O–H groups in total. The lowest BCUT2D eigenvalue weighted by Gasteiger charge is -2.38. The van der Waals surface area contributed by atoms with Gasteiger partial charge in [0.1, 0.15) is 0 Å². The lowest BCUT2D eigenvalue weighted by Crippen LogP contribution is -2.50. The van der Waals surface area contributed by atoms with Crippen molar-refractivity contribution in [3.05, 3.63) is 34.3 Å². The molecule has 1 aromatic rings. The summed E-state index contributed by atoms with van der Waals surface area (Å²) < 4.78 is 6.81. The van der Waals surface area contributed by atoms with E-state index in [2.05, 4.69) is 39.6 Å². The van der Waals surface area contributed by atoms with Crippen LogP contribution in [-0.2, 0) is 4.74 Å². The van der Waals surface area contributed by atoms with E-state index in [9.17, 15) is 4.79 Å². The Kier molecular flexibility index (Phi) is 5.39. The van der Waals surface area contributed by atoms with Gasteiger partial charge in [-0.25, -0.2) is 0 Å². The lowest BCUT2D eigenvalue weighted by atomic mass is 10.1. The van der Waals surface area contributed by atoms with Crippen LogP contribution in [0.2, 0.25) is 0 Å². The summed E-state index contributed by atoms with van der Waals surface area (Å²) >= 11 is 3.42. The Morgan fingerprint density at radius 2 is 1.87 bits per heavy atom. The van der Waals surface area contributed by atoms with Crippen molar-refractivity contribution >= 4 is 21.8 Å². The minimum absolute atomic E-state index is 0.161. The van der Waals surface area contributed by atoms with E-state index in [1.54, 1.807) is 0 Å². The molecular formula is C18H25BrN2O2. The van der Waals surface area contributed by atoms with Crippen LogP contribution in [0.15, 0.2) is 28.7 Å². The van der Waals surface area contributed by atoms with Gasteiger partial charge in [-0.05, 0) is 51.0 Å². The van der Waals surface area contributed by atoms with Gasteiger partial charge in [-0.15, -0.1) is 0 Å². The summed E-state index contributed by atoms with van der Waals surface area (Å²) in [4.78, 5) is 17.3. The maximum Gasteiger partial charge on any atom is 0.254 e. The SMILES string of the molecule is C[C@@H]1CN(C[C@H]2CCCN2C(=O)c2ccc(Br)cc2)C[C@@H](C)O1. The number of morpholine rings is 1. The Balaban J connectivity index is 1.65. The number of hydrogen-bond acceptors (Lipinski definition) is 3. The molecule has 0 radical (unpaired) electrons. The molecule has 2 saturated heterocycles. The van der Waals surface area contributed by atoms with Crippen LogP contribution in [0.3, 0.4) is 0 Å². The Morgan fingerprint density at radius 3 is 2.52 bits per heavy atom. The summed E-state index contributed by atoms with van der Waals surface area (Å²) in [6, 6.07) is 8.00. The number of amides is 1. The molecule has 3 atom stereocenters. The van der Waals surface area contributed by atoms with Crippen LogP contribution in [0.1, 0.15) is 37.0 Å². The van der Waals surface area contributed by atoms with E-state index in [4.69, 9.17) is 4.74 Å². The molecule has 3 rings (SSSR count). The van der Waals surface area contributed by atoms with Crippen molar-refractivity contribution in [3.63, 3.8) is 0 Å². The molecule has 0 unspecified atom stereocenters. The van der Waals surface area contributed by atoms with Crippen molar-refractivity contribution in [3.8, 4) is 0 Å². The zero-order chi connectivity index (χ0) is 16.4. The first-order chi connectivity index (χ1) is 11.0. The highest BCUT2D eigenvalue weighted by molar-refractivity contribution is 9.10. The van der Waals surface area contributed by atoms with Gasteiger partial charge in [-0.1, -0.05) is 15.9 Å². The summed E-state index contributed by atoms with van der Waals surface area (Å²) in [6.45, 7) is 8.00. The molecule has 0 saturated carbocycles. The van der Waals surface area contributed by atoms with Gasteiger partial charge in [-0.3, -0.25) is 9.69 Å². The van der Waals surface area contributed by atoms with E-state index < -0.39 is 0 Å². The van der Waals surface area contributed by atoms with Gasteiger partial charge in [-0.2, -0.15) is 0 Å². The van der Waals surface area contributed by atoms with Crippen molar-refractivity contribution in [2.24, 2.45) is 0 Å². The Bertz CT molecular complexity index is 538. The van der Waals surface area contributed by atoms with E-state index >= 15 is 0 Å². The highest BCUT2D eigenvalue weighted by atomic mass is 79.9. The molecule has 0 aliphatic carbocycles. The first-order valence-corrected chi connectivity index (χ1v) is 9.26. The Labute approximate surface area is 146 Å². The van der Waals surface area contributed by atoms with Crippen molar-refractivity contribution in [2.75, 3.05) is 26.2 Å². The number of hydrogen-bond donors (Lipinski definition) is 0. The molecule has 0 aromatic heterocycles. The average molecular weight is 381 g/mol. The zero-order valence-electron chi connectivity index (χ0n) is 13.9. The van der Waals surface area contributed by atoms with E-state index in [0.717, 1.165) is 49.1 Å². The maximum absolute atomic E-state index is 12.8. The first kappa shape index (κ1) is 16.9. The highest BCUT2D eigenvalue weighted by Gasteiger charge is 2.32. The molecule has 23 heavy (non-hydrogen) atoms. The predicted molar refractivity (Wildman–Crippen MR) is 94.6 cm³/mol. The number of benzene rings is 1. The topological polar surface area (TPSA) is 32.8 Å². The number of halogens is 1. The molecule has 126 valence electrons. The van der Waals surface area contributed by atoms with E-state index in [1.165, 1.54) is 0 Å². The van der Waals surface area contributed by atoms with Gasteiger partial charge in [0.25, 0.3) is 5.91 Å². The van der Waals surface area contributed by atoms with Crippen LogP contribution >= 0.6 is 15.9 Å². The van der Waals surface area contributed by atoms with Gasteiger partial charge in [0.05, 0.1) is 12.2 Å². The highest BCUT2D eigenvalue weighted by Crippen LogP contribution is 2.23. The van der Waals surface area contributed by atoms with Crippen LogP contribution in [0.25, 0.3) is 0 Å². The smallest absolute Gasteiger partial charge is 0.254 e. The minimum Gasteiger partial charge on any atom is -0.373 e. The van der Waals surface area contributed by atoms with Gasteiger partial charge in [0.2, 0.25) is 0 Å². The van der Waals surface area contributed by atoms with Crippen LogP contribution in [0.5, 0.6) is 0 Å². The Morgan fingerprint density at radius 1 is 1.22 bits per heavy atom. The van der Waals surface area contributed by atoms with Crippen molar-refractivity contribution in [1.29, 1.82) is 0 Å². The molecule has 5 heteroatoms. The fourth-order valence-electron chi connectivity index (χ4n) is 3.78. The largest absolute Gasteiger partial charge is 0.373 e. The van der Waals surface area contributed by atoms with Gasteiger partial charge in [0.15, 0.2) is 0 Å². The van der Waals surface area contributed by atoms with Gasteiger partial charge >= 0.3 is 0 Å². The van der Waals surface area contributed by atoms with Crippen LogP contribution in [-0.4, -0.2) is 60.1 Å². The summed E-state index contributed by atoms with van der Waals surface area (Å²) in [6.07, 6.45) is 2.75. The quantitative estimate of drug-likeness (QED) is 0.807. The molecule has 4 nitrogen and oxygen atoms in total. The summed E-state index contributed by atoms with van der Waals surface area (Å²) in [5.74, 6) is 0.161. The van der Waals surface area contributed by atoms with E-state index in [-0.39, 0.29) is 18.1 Å². The molecule has 2 fully saturated rings. The van der Waals surface area contributed by atoms with E-state index in [1.807, 2.05) is 24.3 Å². The molecule has 2 aliphatic heterocycles. The molecule has 1 amide bonds. The second-order valence-corrected chi connectivity index (χ2v) is 7.69. The molecular weight excluding hydrogens is 356 g/mol. The molecule has 0 spiro atoms. The average Bonchev–Trinajstić information content (AvgIpc) is 2.94. The fourth-order valence-corrected chi connectivity index (χ4v) is 4.05. The maximum atomic E-state index is 12.8. The zero-order valence-corrected chi connectivity index (χ0v) is 15.5. The molecule has 2 aliphatic rings. The van der Waals surface area contributed by atoms with Crippen molar-refractivity contribution in [1.82, 2.24) is 9.80 Å². The first-order valence-electron chi connectivity index (χ1n) is 8.47. The second-order valence-electron chi connectivity index (χ2n) is 6.78. The predicted octanol–water partition coefficient (Wildman–Crippen LogP) is 3.16. The number of ether oxygens (including phenoxy) is 1. The third kappa shape index (κ3) is 4.14. The summed E-state index contributed by atoms with van der Waals surface area (Å²) in [5, 5.41) is 0. The van der Waals surface area contributed by atoms with Crippen LogP contribution in [0.4, 0.5) is 0 Å². The van der Waals surface area contributed by atoms with Crippen molar-refractivity contribution < 1.29 is 9.53 Å². The number of likely N-dealkylation sites (tertiary alicyclic amines) is 1. The third-order valence-electron chi connectivity index (χ3n) is 4.69. The summed E-state index contributed by atoms with van der Waals surface area (Å²) in [7, 11) is 0. The van der Waals surface area contributed by atoms with Crippen molar-refractivity contribution in [2.45, 2.75) is 44.9 Å². The van der Waals surface area contributed by atoms with Crippen LogP contribution in [0, 0.1) is 0 Å².